The van der Waals surface area contributed by atoms with Gasteiger partial charge in [0.1, 0.15) is 23.7 Å². The quantitative estimate of drug-likeness (QED) is 0.489. The van der Waals surface area contributed by atoms with Crippen molar-refractivity contribution >= 4 is 44.3 Å². The van der Waals surface area contributed by atoms with Gasteiger partial charge in [-0.1, -0.05) is 23.5 Å². The lowest BCUT2D eigenvalue weighted by atomic mass is 9.93. The van der Waals surface area contributed by atoms with Crippen LogP contribution in [0.3, 0.4) is 0 Å². The molecule has 1 unspecified atom stereocenters. The van der Waals surface area contributed by atoms with Gasteiger partial charge >= 0.3 is 6.18 Å². The maximum absolute atomic E-state index is 13.8. The fourth-order valence-electron chi connectivity index (χ4n) is 3.37. The first kappa shape index (κ1) is 18.5. The molecule has 0 saturated heterocycles. The zero-order valence-corrected chi connectivity index (χ0v) is 15.8. The third-order valence-corrected chi connectivity index (χ3v) is 5.66. The Balaban J connectivity index is 2.04. The van der Waals surface area contributed by atoms with Crippen LogP contribution in [0, 0.1) is 0 Å². The maximum atomic E-state index is 13.8. The van der Waals surface area contributed by atoms with Crippen LogP contribution in [0.4, 0.5) is 29.7 Å². The Kier molecular flexibility index (Phi) is 4.04. The van der Waals surface area contributed by atoms with Crippen LogP contribution in [0.1, 0.15) is 19.4 Å². The predicted octanol–water partition coefficient (Wildman–Crippen LogP) is 4.77. The molecule has 5 nitrogen and oxygen atoms in total. The van der Waals surface area contributed by atoms with Gasteiger partial charge in [0.2, 0.25) is 0 Å². The van der Waals surface area contributed by atoms with E-state index in [0.29, 0.717) is 11.8 Å². The molecule has 146 valence electrons. The highest BCUT2D eigenvalue weighted by Crippen LogP contribution is 2.52. The number of benzene rings is 2. The highest BCUT2D eigenvalue weighted by molar-refractivity contribution is 7.22. The van der Waals surface area contributed by atoms with Crippen molar-refractivity contribution in [3.63, 3.8) is 0 Å². The van der Waals surface area contributed by atoms with Crippen LogP contribution in [0.25, 0.3) is 10.2 Å². The molecular weight excluding hydrogens is 391 g/mol. The number of hydrogen-bond acceptors (Lipinski definition) is 6. The lowest BCUT2D eigenvalue weighted by Crippen LogP contribution is -2.55. The van der Waals surface area contributed by atoms with Gasteiger partial charge in [0.15, 0.2) is 5.13 Å². The normalized spacial score (nSPS) is 18.6. The fourth-order valence-corrected chi connectivity index (χ4v) is 4.38. The molecule has 1 aliphatic rings. The van der Waals surface area contributed by atoms with E-state index in [9.17, 15) is 18.0 Å². The summed E-state index contributed by atoms with van der Waals surface area (Å²) < 4.78 is 48.1. The zero-order valence-electron chi connectivity index (χ0n) is 14.9. The molecule has 9 heteroatoms. The van der Waals surface area contributed by atoms with E-state index >= 15 is 0 Å². The van der Waals surface area contributed by atoms with Crippen LogP contribution in [-0.2, 0) is 11.0 Å². The summed E-state index contributed by atoms with van der Waals surface area (Å²) >= 11 is 1.21. The van der Waals surface area contributed by atoms with E-state index in [1.807, 2.05) is 12.1 Å². The number of carbonyl (C=O) groups excluding carboxylic acids is 1. The number of rotatable bonds is 2. The molecule has 4 rings (SSSR count). The van der Waals surface area contributed by atoms with Gasteiger partial charge in [-0.2, -0.15) is 13.2 Å². The van der Waals surface area contributed by atoms with Gasteiger partial charge < -0.3 is 15.3 Å². The van der Waals surface area contributed by atoms with Crippen molar-refractivity contribution in [1.82, 2.24) is 4.98 Å². The first-order valence-electron chi connectivity index (χ1n) is 8.41. The predicted molar refractivity (Wildman–Crippen MR) is 102 cm³/mol. The summed E-state index contributed by atoms with van der Waals surface area (Å²) in [6.45, 7) is 3.29. The van der Waals surface area contributed by atoms with E-state index in [-0.39, 0.29) is 22.3 Å². The summed E-state index contributed by atoms with van der Waals surface area (Å²) in [5.74, 6) is -0.0327. The highest BCUT2D eigenvalue weighted by atomic mass is 32.1. The van der Waals surface area contributed by atoms with Crippen LogP contribution in [0.2, 0.25) is 0 Å². The topological polar surface area (TPSA) is 68.5 Å². The first-order chi connectivity index (χ1) is 13.1. The first-order valence-corrected chi connectivity index (χ1v) is 9.23. The minimum Gasteiger partial charge on any atom is -0.483 e. The van der Waals surface area contributed by atoms with Crippen LogP contribution in [-0.4, -0.2) is 22.9 Å². The number of fused-ring (bicyclic) bond motifs is 2. The van der Waals surface area contributed by atoms with E-state index in [2.05, 4.69) is 4.98 Å². The molecule has 0 radical (unpaired) electrons. The molecule has 0 amide bonds. The summed E-state index contributed by atoms with van der Waals surface area (Å²) in [5, 5.41) is 0.284. The molecule has 0 fully saturated rings. The fraction of sp³-hybridized carbons (Fsp3) is 0.263. The molecule has 1 aliphatic heterocycles. The number of thiazole rings is 1. The van der Waals surface area contributed by atoms with E-state index in [0.717, 1.165) is 10.8 Å². The van der Waals surface area contributed by atoms with Crippen molar-refractivity contribution in [2.45, 2.75) is 31.7 Å². The Labute approximate surface area is 162 Å². The second-order valence-electron chi connectivity index (χ2n) is 7.03. The molecule has 2 aromatic carbocycles. The second-order valence-corrected chi connectivity index (χ2v) is 8.04. The SMILES string of the molecule is CC1(C)Oc2cc(N)cc(C(F)(F)F)c2N(c2nc3ccccc3s2)C1C=O. The van der Waals surface area contributed by atoms with Crippen LogP contribution >= 0.6 is 11.3 Å². The molecule has 2 N–H and O–H groups in total. The average molecular weight is 407 g/mol. The van der Waals surface area contributed by atoms with Crippen molar-refractivity contribution in [3.8, 4) is 5.75 Å². The molecule has 28 heavy (non-hydrogen) atoms. The minimum absolute atomic E-state index is 0.0327. The smallest absolute Gasteiger partial charge is 0.418 e. The molecule has 0 spiro atoms. The Morgan fingerprint density at radius 3 is 2.64 bits per heavy atom. The lowest BCUT2D eigenvalue weighted by Gasteiger charge is -2.45. The average Bonchev–Trinajstić information content (AvgIpc) is 3.01. The zero-order chi connectivity index (χ0) is 20.3. The van der Waals surface area contributed by atoms with Gasteiger partial charge in [0, 0.05) is 11.8 Å². The number of para-hydroxylation sites is 1. The van der Waals surface area contributed by atoms with E-state index in [1.165, 1.54) is 22.3 Å². The van der Waals surface area contributed by atoms with Crippen molar-refractivity contribution in [1.29, 1.82) is 0 Å². The van der Waals surface area contributed by atoms with E-state index < -0.39 is 23.4 Å². The van der Waals surface area contributed by atoms with Gasteiger partial charge in [-0.25, -0.2) is 4.98 Å². The van der Waals surface area contributed by atoms with Crippen LogP contribution < -0.4 is 15.4 Å². The summed E-state index contributed by atoms with van der Waals surface area (Å²) in [6, 6.07) is 8.39. The minimum atomic E-state index is -4.69. The number of alkyl halides is 3. The molecule has 2 heterocycles. The number of halogens is 3. The number of nitrogens with zero attached hydrogens (tertiary/aromatic N) is 2. The van der Waals surface area contributed by atoms with Gasteiger partial charge in [-0.15, -0.1) is 0 Å². The number of anilines is 3. The largest absolute Gasteiger partial charge is 0.483 e. The van der Waals surface area contributed by atoms with Crippen molar-refractivity contribution in [2.75, 3.05) is 10.6 Å². The number of aldehydes is 1. The number of ether oxygens (including phenoxy) is 1. The number of nitrogens with two attached hydrogens (primary N) is 1. The Bertz CT molecular complexity index is 1040. The Morgan fingerprint density at radius 2 is 2.00 bits per heavy atom. The number of aromatic nitrogens is 1. The highest BCUT2D eigenvalue weighted by Gasteiger charge is 2.48. The van der Waals surface area contributed by atoms with Crippen molar-refractivity contribution < 1.29 is 22.7 Å². The molecular formula is C19H16F3N3O2S. The Hall–Kier alpha value is -2.81. The standard InChI is InChI=1S/C19H16F3N3O2S/c1-18(2)15(9-26)25(17-24-12-5-3-4-6-14(12)28-17)16-11(19(20,21)22)7-10(23)8-13(16)27-18/h3-9,15H,23H2,1-2H3. The van der Waals surface area contributed by atoms with Crippen LogP contribution in [0.15, 0.2) is 36.4 Å². The number of nitrogen functional groups attached to an aromatic ring is 1. The summed E-state index contributed by atoms with van der Waals surface area (Å²) in [5.41, 5.74) is 3.95. The van der Waals surface area contributed by atoms with Crippen molar-refractivity contribution in [2.24, 2.45) is 0 Å². The molecule has 0 bridgehead atoms. The number of hydrogen-bond donors (Lipinski definition) is 1. The van der Waals surface area contributed by atoms with Gasteiger partial charge in [0.25, 0.3) is 0 Å². The summed E-state index contributed by atoms with van der Waals surface area (Å²) in [6.07, 6.45) is -4.10. The maximum Gasteiger partial charge on any atom is 0.418 e. The third kappa shape index (κ3) is 2.86. The van der Waals surface area contributed by atoms with Gasteiger partial charge in [-0.3, -0.25) is 4.90 Å². The lowest BCUT2D eigenvalue weighted by molar-refractivity contribution is -0.137. The van der Waals surface area contributed by atoms with E-state index in [4.69, 9.17) is 10.5 Å². The summed E-state index contributed by atoms with van der Waals surface area (Å²) in [4.78, 5) is 17.8. The molecule has 0 saturated carbocycles. The van der Waals surface area contributed by atoms with Gasteiger partial charge in [-0.05, 0) is 32.0 Å². The number of carbonyl (C=O) groups is 1. The van der Waals surface area contributed by atoms with Gasteiger partial charge in [0.05, 0.1) is 21.5 Å². The second kappa shape index (κ2) is 6.10. The van der Waals surface area contributed by atoms with Crippen molar-refractivity contribution in [3.05, 3.63) is 42.0 Å². The van der Waals surface area contributed by atoms with E-state index in [1.54, 1.807) is 26.0 Å². The van der Waals surface area contributed by atoms with Crippen LogP contribution in [0.5, 0.6) is 5.75 Å². The molecule has 1 atom stereocenters. The summed E-state index contributed by atoms with van der Waals surface area (Å²) in [7, 11) is 0. The molecule has 1 aromatic heterocycles. The molecule has 3 aromatic rings. The monoisotopic (exact) mass is 407 g/mol. The Morgan fingerprint density at radius 1 is 1.29 bits per heavy atom. The molecule has 0 aliphatic carbocycles. The third-order valence-electron chi connectivity index (χ3n) is 4.62.